The quantitative estimate of drug-likeness (QED) is 0.652. The maximum atomic E-state index is 4.44. The van der Waals surface area contributed by atoms with Crippen molar-refractivity contribution in [2.75, 3.05) is 29.9 Å². The van der Waals surface area contributed by atoms with Crippen LogP contribution in [0.25, 0.3) is 5.65 Å². The maximum Gasteiger partial charge on any atom is 0.199 e. The van der Waals surface area contributed by atoms with E-state index in [2.05, 4.69) is 84.2 Å². The first-order chi connectivity index (χ1) is 13.6. The van der Waals surface area contributed by atoms with Gasteiger partial charge in [-0.1, -0.05) is 13.8 Å². The fraction of sp³-hybridized carbons (Fsp3) is 0.450. The maximum absolute atomic E-state index is 4.44. The largest absolute Gasteiger partial charge is 0.366 e. The summed E-state index contributed by atoms with van der Waals surface area (Å²) in [5, 5.41) is 7.56. The van der Waals surface area contributed by atoms with Gasteiger partial charge in [-0.3, -0.25) is 4.90 Å². The summed E-state index contributed by atoms with van der Waals surface area (Å²) in [6.45, 7) is 8.16. The molecule has 7 nitrogen and oxygen atoms in total. The highest BCUT2D eigenvalue weighted by Crippen LogP contribution is 2.35. The number of hydrogen-bond donors (Lipinski definition) is 1. The van der Waals surface area contributed by atoms with E-state index in [-0.39, 0.29) is 0 Å². The highest BCUT2D eigenvalue weighted by Gasteiger charge is 2.43. The normalized spacial score (nSPS) is 21.9. The van der Waals surface area contributed by atoms with Crippen LogP contribution in [-0.4, -0.2) is 56.2 Å². The van der Waals surface area contributed by atoms with Gasteiger partial charge in [-0.15, -0.1) is 0 Å². The van der Waals surface area contributed by atoms with Crippen LogP contribution in [0.1, 0.15) is 20.3 Å². The van der Waals surface area contributed by atoms with Crippen molar-refractivity contribution in [2.45, 2.75) is 32.4 Å². The van der Waals surface area contributed by atoms with Crippen LogP contribution >= 0.6 is 15.9 Å². The number of hydrogen-bond acceptors (Lipinski definition) is 6. The van der Waals surface area contributed by atoms with Crippen molar-refractivity contribution in [3.63, 3.8) is 0 Å². The molecule has 0 amide bonds. The number of nitrogens with one attached hydrogen (secondary N) is 1. The summed E-state index contributed by atoms with van der Waals surface area (Å²) in [6, 6.07) is 9.99. The number of benzene rings is 1. The molecule has 2 aromatic heterocycles. The standard InChI is InChI=1S/C20H24BrN7/c1-13(2)9-26-10-17-7-16(26)11-27(17)15-5-3-14(4-6-15)25-19-20-23-12-24-28(20)18(21)8-22-19/h3-6,8,12-13,16-17H,7,9-11H2,1-2H3,(H,22,25)/t16-,17-/m0/s1. The van der Waals surface area contributed by atoms with Crippen LogP contribution in [0.4, 0.5) is 17.2 Å². The Balaban J connectivity index is 1.29. The van der Waals surface area contributed by atoms with Crippen LogP contribution in [0.2, 0.25) is 0 Å². The van der Waals surface area contributed by atoms with Crippen LogP contribution in [0, 0.1) is 5.92 Å². The Morgan fingerprint density at radius 2 is 1.96 bits per heavy atom. The van der Waals surface area contributed by atoms with E-state index in [9.17, 15) is 0 Å². The Labute approximate surface area is 172 Å². The van der Waals surface area contributed by atoms with Crippen LogP contribution < -0.4 is 10.2 Å². The predicted molar refractivity (Wildman–Crippen MR) is 114 cm³/mol. The van der Waals surface area contributed by atoms with Crippen molar-refractivity contribution in [2.24, 2.45) is 5.92 Å². The average Bonchev–Trinajstić information content (AvgIpc) is 3.40. The fourth-order valence-electron chi connectivity index (χ4n) is 4.51. The molecule has 2 atom stereocenters. The molecule has 1 aromatic carbocycles. The zero-order valence-electron chi connectivity index (χ0n) is 16.1. The molecule has 0 saturated carbocycles. The summed E-state index contributed by atoms with van der Waals surface area (Å²) in [5.41, 5.74) is 2.99. The molecule has 0 unspecified atom stereocenters. The van der Waals surface area contributed by atoms with Gasteiger partial charge >= 0.3 is 0 Å². The second-order valence-electron chi connectivity index (χ2n) is 8.14. The molecule has 5 rings (SSSR count). The second-order valence-corrected chi connectivity index (χ2v) is 8.95. The molecular formula is C20H24BrN7. The SMILES string of the molecule is CC(C)CN1C[C@@H]2C[C@H]1CN2c1ccc(Nc2ncc(Br)n3ncnc23)cc1. The van der Waals surface area contributed by atoms with Crippen LogP contribution in [0.15, 0.2) is 41.4 Å². The third kappa shape index (κ3) is 3.14. The first kappa shape index (κ1) is 17.9. The highest BCUT2D eigenvalue weighted by molar-refractivity contribution is 9.10. The van der Waals surface area contributed by atoms with Crippen LogP contribution in [-0.2, 0) is 0 Å². The van der Waals surface area contributed by atoms with E-state index < -0.39 is 0 Å². The summed E-state index contributed by atoms with van der Waals surface area (Å²) < 4.78 is 2.49. The molecule has 2 saturated heterocycles. The van der Waals surface area contributed by atoms with Crippen LogP contribution in [0.3, 0.4) is 0 Å². The van der Waals surface area contributed by atoms with E-state index in [0.717, 1.165) is 22.8 Å². The summed E-state index contributed by atoms with van der Waals surface area (Å²) in [6.07, 6.45) is 4.55. The van der Waals surface area contributed by atoms with E-state index in [4.69, 9.17) is 0 Å². The molecule has 2 fully saturated rings. The number of piperazine rings is 1. The Kier molecular flexibility index (Phi) is 4.47. The van der Waals surface area contributed by atoms with Crippen molar-refractivity contribution in [3.8, 4) is 0 Å². The average molecular weight is 442 g/mol. The molecule has 0 radical (unpaired) electrons. The first-order valence-corrected chi connectivity index (χ1v) is 10.6. The first-order valence-electron chi connectivity index (χ1n) is 9.80. The van der Waals surface area contributed by atoms with Gasteiger partial charge in [0, 0.05) is 43.1 Å². The molecule has 1 N–H and O–H groups in total. The monoisotopic (exact) mass is 441 g/mol. The fourth-order valence-corrected chi connectivity index (χ4v) is 4.87. The molecule has 2 aliphatic heterocycles. The van der Waals surface area contributed by atoms with E-state index in [1.807, 2.05) is 0 Å². The zero-order chi connectivity index (χ0) is 19.3. The number of nitrogens with zero attached hydrogens (tertiary/aromatic N) is 6. The third-order valence-corrected chi connectivity index (χ3v) is 6.22. The van der Waals surface area contributed by atoms with Gasteiger partial charge in [0.2, 0.25) is 0 Å². The predicted octanol–water partition coefficient (Wildman–Crippen LogP) is 3.55. The molecule has 3 aromatic rings. The molecule has 0 aliphatic carbocycles. The second kappa shape index (κ2) is 7.00. The molecule has 8 heteroatoms. The highest BCUT2D eigenvalue weighted by atomic mass is 79.9. The smallest absolute Gasteiger partial charge is 0.199 e. The number of likely N-dealkylation sites (tertiary alicyclic amines) is 1. The Bertz CT molecular complexity index is 984. The van der Waals surface area contributed by atoms with E-state index in [1.54, 1.807) is 10.7 Å². The van der Waals surface area contributed by atoms with Gasteiger partial charge in [-0.05, 0) is 52.5 Å². The van der Waals surface area contributed by atoms with Gasteiger partial charge < -0.3 is 10.2 Å². The minimum absolute atomic E-state index is 0.645. The molecule has 146 valence electrons. The Hall–Kier alpha value is -2.19. The van der Waals surface area contributed by atoms with Crippen molar-refractivity contribution in [1.82, 2.24) is 24.5 Å². The van der Waals surface area contributed by atoms with Gasteiger partial charge in [-0.25, -0.2) is 14.5 Å². The molecule has 0 spiro atoms. The van der Waals surface area contributed by atoms with Crippen molar-refractivity contribution >= 4 is 38.8 Å². The van der Waals surface area contributed by atoms with E-state index in [0.29, 0.717) is 23.5 Å². The van der Waals surface area contributed by atoms with Gasteiger partial charge in [-0.2, -0.15) is 5.10 Å². The Morgan fingerprint density at radius 1 is 1.14 bits per heavy atom. The van der Waals surface area contributed by atoms with Crippen molar-refractivity contribution < 1.29 is 0 Å². The van der Waals surface area contributed by atoms with Gasteiger partial charge in [0.05, 0.1) is 6.20 Å². The third-order valence-electron chi connectivity index (χ3n) is 5.68. The van der Waals surface area contributed by atoms with Crippen LogP contribution in [0.5, 0.6) is 0 Å². The summed E-state index contributed by atoms with van der Waals surface area (Å²) in [7, 11) is 0. The molecule has 4 heterocycles. The van der Waals surface area contributed by atoms with Gasteiger partial charge in [0.25, 0.3) is 0 Å². The topological polar surface area (TPSA) is 61.6 Å². The number of halogens is 1. The lowest BCUT2D eigenvalue weighted by Gasteiger charge is -2.36. The summed E-state index contributed by atoms with van der Waals surface area (Å²) in [4.78, 5) is 14.0. The number of anilines is 3. The number of aromatic nitrogens is 4. The Morgan fingerprint density at radius 3 is 2.68 bits per heavy atom. The zero-order valence-corrected chi connectivity index (χ0v) is 17.7. The minimum Gasteiger partial charge on any atom is -0.366 e. The van der Waals surface area contributed by atoms with Crippen molar-refractivity contribution in [3.05, 3.63) is 41.4 Å². The van der Waals surface area contributed by atoms with Gasteiger partial charge in [0.1, 0.15) is 10.9 Å². The molecule has 2 aliphatic rings. The van der Waals surface area contributed by atoms with E-state index >= 15 is 0 Å². The number of rotatable bonds is 5. The molecule has 2 bridgehead atoms. The lowest BCUT2D eigenvalue weighted by molar-refractivity contribution is 0.214. The summed E-state index contributed by atoms with van der Waals surface area (Å²) >= 11 is 3.44. The lowest BCUT2D eigenvalue weighted by atomic mass is 10.1. The van der Waals surface area contributed by atoms with Gasteiger partial charge in [0.15, 0.2) is 11.5 Å². The van der Waals surface area contributed by atoms with E-state index in [1.165, 1.54) is 31.5 Å². The summed E-state index contributed by atoms with van der Waals surface area (Å²) in [5.74, 6) is 1.43. The van der Waals surface area contributed by atoms with Crippen molar-refractivity contribution in [1.29, 1.82) is 0 Å². The number of fused-ring (bicyclic) bond motifs is 3. The minimum atomic E-state index is 0.645. The molecular weight excluding hydrogens is 418 g/mol. The lowest BCUT2D eigenvalue weighted by Crippen LogP contribution is -2.47. The molecule has 28 heavy (non-hydrogen) atoms.